The van der Waals surface area contributed by atoms with Crippen LogP contribution in [0.1, 0.15) is 103 Å². The molecule has 0 aliphatic carbocycles. The van der Waals surface area contributed by atoms with Crippen LogP contribution < -0.4 is 16.0 Å². The molecule has 0 saturated carbocycles. The third kappa shape index (κ3) is 9.44. The Morgan fingerprint density at radius 1 is 0.610 bits per heavy atom. The molecule has 0 amide bonds. The van der Waals surface area contributed by atoms with Crippen LogP contribution in [0.4, 0.5) is 0 Å². The molecule has 3 rings (SSSR count). The molecule has 0 saturated heterocycles. The summed E-state index contributed by atoms with van der Waals surface area (Å²) in [5.74, 6) is 0.795. The highest BCUT2D eigenvalue weighted by Gasteiger charge is 2.25. The maximum atomic E-state index is 11.3. The van der Waals surface area contributed by atoms with Gasteiger partial charge in [0.05, 0.1) is 0 Å². The van der Waals surface area contributed by atoms with Crippen molar-refractivity contribution in [3.8, 4) is 11.5 Å². The number of hydrogen-bond acceptors (Lipinski definition) is 6. The monoisotopic (exact) mass is 566 g/mol. The third-order valence-corrected chi connectivity index (χ3v) is 8.16. The van der Waals surface area contributed by atoms with E-state index in [-0.39, 0.29) is 21.7 Å². The summed E-state index contributed by atoms with van der Waals surface area (Å²) in [4.78, 5) is 2.31. The van der Waals surface area contributed by atoms with Gasteiger partial charge in [0, 0.05) is 74.6 Å². The van der Waals surface area contributed by atoms with Crippen LogP contribution in [0.25, 0.3) is 0 Å². The third-order valence-electron chi connectivity index (χ3n) is 8.16. The van der Waals surface area contributed by atoms with Gasteiger partial charge in [-0.1, -0.05) is 93.5 Å². The van der Waals surface area contributed by atoms with E-state index in [2.05, 4.69) is 121 Å². The molecule has 0 atom stereocenters. The Bertz CT molecular complexity index is 1190. The first kappa shape index (κ1) is 33.4. The zero-order valence-electron chi connectivity index (χ0n) is 27.8. The molecule has 1 heterocycles. The van der Waals surface area contributed by atoms with Crippen molar-refractivity contribution in [1.82, 2.24) is 20.9 Å². The van der Waals surface area contributed by atoms with E-state index in [1.165, 1.54) is 11.1 Å². The van der Waals surface area contributed by atoms with Crippen LogP contribution in [0.15, 0.2) is 24.3 Å². The summed E-state index contributed by atoms with van der Waals surface area (Å²) in [5.41, 5.74) is 6.27. The van der Waals surface area contributed by atoms with E-state index in [1.54, 1.807) is 0 Å². The standard InChI is InChI=1S/C35H58N4O2/c1-32(2,3)28-12-24-16-36-20-34(7,8)21-37-18-26-14-29(33(4,5)6)15-27(31(26)41)19-39(11)23-35(9,10)22-38-17-25(13-28)30(24)40/h12-15,36-38,40-41H,16-23H2,1-11H3. The molecular weight excluding hydrogens is 508 g/mol. The van der Waals surface area contributed by atoms with Gasteiger partial charge in [0.2, 0.25) is 0 Å². The Morgan fingerprint density at radius 3 is 1.34 bits per heavy atom. The van der Waals surface area contributed by atoms with Crippen molar-refractivity contribution in [3.63, 3.8) is 0 Å². The molecule has 0 spiro atoms. The second-order valence-electron chi connectivity index (χ2n) is 16.1. The first-order valence-electron chi connectivity index (χ1n) is 15.3. The van der Waals surface area contributed by atoms with Crippen LogP contribution in [0.2, 0.25) is 0 Å². The molecule has 1 aliphatic rings. The van der Waals surface area contributed by atoms with E-state index < -0.39 is 0 Å². The Morgan fingerprint density at radius 2 is 0.951 bits per heavy atom. The van der Waals surface area contributed by atoms with E-state index in [9.17, 15) is 10.2 Å². The van der Waals surface area contributed by atoms with Gasteiger partial charge in [0.25, 0.3) is 0 Å². The molecule has 41 heavy (non-hydrogen) atoms. The summed E-state index contributed by atoms with van der Waals surface area (Å²) in [6, 6.07) is 8.67. The van der Waals surface area contributed by atoms with Crippen molar-refractivity contribution in [2.75, 3.05) is 33.2 Å². The highest BCUT2D eigenvalue weighted by atomic mass is 16.3. The van der Waals surface area contributed by atoms with Gasteiger partial charge in [-0.05, 0) is 39.8 Å². The normalized spacial score (nSPS) is 20.0. The number of rotatable bonds is 0. The lowest BCUT2D eigenvalue weighted by Crippen LogP contribution is -2.39. The quantitative estimate of drug-likeness (QED) is 0.263. The molecule has 0 radical (unpaired) electrons. The first-order valence-corrected chi connectivity index (χ1v) is 15.3. The predicted molar refractivity (Wildman–Crippen MR) is 173 cm³/mol. The van der Waals surface area contributed by atoms with Crippen molar-refractivity contribution in [1.29, 1.82) is 0 Å². The topological polar surface area (TPSA) is 79.8 Å². The highest BCUT2D eigenvalue weighted by Crippen LogP contribution is 2.34. The summed E-state index contributed by atoms with van der Waals surface area (Å²) in [6.45, 7) is 28.2. The predicted octanol–water partition coefficient (Wildman–Crippen LogP) is 6.16. The van der Waals surface area contributed by atoms with Gasteiger partial charge < -0.3 is 31.1 Å². The second kappa shape index (κ2) is 12.6. The molecule has 5 N–H and O–H groups in total. The average Bonchev–Trinajstić information content (AvgIpc) is 2.80. The molecular formula is C35H58N4O2. The summed E-state index contributed by atoms with van der Waals surface area (Å²) in [6.07, 6.45) is 0. The molecule has 0 unspecified atom stereocenters. The maximum absolute atomic E-state index is 11.3. The lowest BCUT2D eigenvalue weighted by Gasteiger charge is -2.32. The average molecular weight is 567 g/mol. The zero-order chi connectivity index (χ0) is 30.8. The molecule has 1 aliphatic heterocycles. The fourth-order valence-electron chi connectivity index (χ4n) is 5.71. The Balaban J connectivity index is 1.95. The van der Waals surface area contributed by atoms with Gasteiger partial charge in [-0.15, -0.1) is 0 Å². The van der Waals surface area contributed by atoms with E-state index in [1.807, 2.05) is 0 Å². The summed E-state index contributed by atoms with van der Waals surface area (Å²) in [7, 11) is 2.13. The minimum atomic E-state index is -0.0195. The molecule has 6 heteroatoms. The summed E-state index contributed by atoms with van der Waals surface area (Å²) >= 11 is 0. The van der Waals surface area contributed by atoms with Crippen LogP contribution in [0, 0.1) is 10.8 Å². The SMILES string of the molecule is CN1Cc2cc(C(C)(C)C)cc(c2O)CNCC(C)(C)CNCc2cc(C(C)(C)C)cc(c2O)CNCC(C)(C)C1. The first-order chi connectivity index (χ1) is 18.8. The molecule has 2 aromatic carbocycles. The van der Waals surface area contributed by atoms with E-state index >= 15 is 0 Å². The summed E-state index contributed by atoms with van der Waals surface area (Å²) in [5, 5.41) is 33.5. The smallest absolute Gasteiger partial charge is 0.124 e. The van der Waals surface area contributed by atoms with Crippen molar-refractivity contribution in [2.45, 2.75) is 106 Å². The van der Waals surface area contributed by atoms with Crippen LogP contribution >= 0.6 is 0 Å². The molecule has 2 aromatic rings. The van der Waals surface area contributed by atoms with Crippen LogP contribution in [-0.2, 0) is 37.0 Å². The summed E-state index contributed by atoms with van der Waals surface area (Å²) < 4.78 is 0. The van der Waals surface area contributed by atoms with Gasteiger partial charge in [0.15, 0.2) is 0 Å². The van der Waals surface area contributed by atoms with E-state index in [0.717, 1.165) is 48.4 Å². The number of nitrogens with zero attached hydrogens (tertiary/aromatic N) is 1. The lowest BCUT2D eigenvalue weighted by molar-refractivity contribution is 0.196. The second-order valence-corrected chi connectivity index (χ2v) is 16.1. The highest BCUT2D eigenvalue weighted by molar-refractivity contribution is 5.47. The fraction of sp³-hybridized carbons (Fsp3) is 0.657. The van der Waals surface area contributed by atoms with Crippen molar-refractivity contribution >= 4 is 0 Å². The maximum Gasteiger partial charge on any atom is 0.124 e. The minimum absolute atomic E-state index is 0.00947. The Kier molecular flexibility index (Phi) is 10.3. The number of aromatic hydroxyl groups is 2. The van der Waals surface area contributed by atoms with Gasteiger partial charge >= 0.3 is 0 Å². The number of phenols is 2. The molecule has 230 valence electrons. The van der Waals surface area contributed by atoms with Crippen molar-refractivity contribution < 1.29 is 10.2 Å². The molecule has 4 bridgehead atoms. The molecule has 6 nitrogen and oxygen atoms in total. The van der Waals surface area contributed by atoms with Gasteiger partial charge in [-0.3, -0.25) is 0 Å². The molecule has 0 fully saturated rings. The van der Waals surface area contributed by atoms with Crippen LogP contribution in [-0.4, -0.2) is 48.3 Å². The number of fused-ring (bicyclic) bond motifs is 4. The lowest BCUT2D eigenvalue weighted by atomic mass is 9.84. The Labute approximate surface area is 250 Å². The largest absolute Gasteiger partial charge is 0.507 e. The van der Waals surface area contributed by atoms with Crippen molar-refractivity contribution in [3.05, 3.63) is 57.6 Å². The number of benzene rings is 2. The molecule has 0 aromatic heterocycles. The van der Waals surface area contributed by atoms with E-state index in [4.69, 9.17) is 0 Å². The number of phenolic OH excluding ortho intramolecular Hbond substituents is 2. The number of nitrogens with one attached hydrogen (secondary N) is 3. The van der Waals surface area contributed by atoms with E-state index in [0.29, 0.717) is 37.7 Å². The van der Waals surface area contributed by atoms with Gasteiger partial charge in [-0.2, -0.15) is 0 Å². The Hall–Kier alpha value is -2.12. The van der Waals surface area contributed by atoms with Crippen LogP contribution in [0.5, 0.6) is 11.5 Å². The number of hydrogen-bond donors (Lipinski definition) is 5. The van der Waals surface area contributed by atoms with Crippen LogP contribution in [0.3, 0.4) is 0 Å². The zero-order valence-corrected chi connectivity index (χ0v) is 27.8. The van der Waals surface area contributed by atoms with Gasteiger partial charge in [0.1, 0.15) is 11.5 Å². The van der Waals surface area contributed by atoms with Gasteiger partial charge in [-0.25, -0.2) is 0 Å². The minimum Gasteiger partial charge on any atom is -0.507 e. The van der Waals surface area contributed by atoms with Crippen molar-refractivity contribution in [2.24, 2.45) is 10.8 Å². The fourth-order valence-corrected chi connectivity index (χ4v) is 5.71.